The van der Waals surface area contributed by atoms with Crippen LogP contribution < -0.4 is 5.32 Å². The first-order valence-electron chi connectivity index (χ1n) is 12.9. The summed E-state index contributed by atoms with van der Waals surface area (Å²) in [5.74, 6) is -0.0453. The Hall–Kier alpha value is -3.50. The quantitative estimate of drug-likeness (QED) is 0.461. The second-order valence-electron chi connectivity index (χ2n) is 10.8. The number of ketones is 1. The second-order valence-corrected chi connectivity index (χ2v) is 10.8. The number of amides is 1. The summed E-state index contributed by atoms with van der Waals surface area (Å²) in [5.41, 5.74) is 5.19. The highest BCUT2D eigenvalue weighted by Gasteiger charge is 2.73. The van der Waals surface area contributed by atoms with Gasteiger partial charge in [-0.05, 0) is 69.0 Å². The van der Waals surface area contributed by atoms with Gasteiger partial charge in [0, 0.05) is 23.7 Å². The lowest BCUT2D eigenvalue weighted by atomic mass is 9.53. The molecule has 3 aromatic rings. The third kappa shape index (κ3) is 3.04. The standard InChI is InChI=1S/C32H32N2O2/c1-21-10-14-23(15-11-21)19-25-7-6-18-31(29(25)35)27(24-16-12-22(2)13-17-24)20-34(3)32(31)26-8-4-5-9-28(26)33-30(32)36/h4-5,8-17,19,27H,6-7,18,20H2,1-3H3,(H,33,36)/b25-19+/t27-,31+,32+/m0/s1. The zero-order valence-electron chi connectivity index (χ0n) is 21.2. The van der Waals surface area contributed by atoms with Crippen LogP contribution in [-0.2, 0) is 15.1 Å². The summed E-state index contributed by atoms with van der Waals surface area (Å²) in [7, 11) is 2.02. The molecule has 0 bridgehead atoms. The summed E-state index contributed by atoms with van der Waals surface area (Å²) in [5, 5.41) is 3.15. The van der Waals surface area contributed by atoms with E-state index in [1.54, 1.807) is 0 Å². The van der Waals surface area contributed by atoms with Gasteiger partial charge in [0.05, 0.1) is 5.41 Å². The lowest BCUT2D eigenvalue weighted by Gasteiger charge is -2.48. The minimum Gasteiger partial charge on any atom is -0.324 e. The van der Waals surface area contributed by atoms with E-state index in [2.05, 4.69) is 78.7 Å². The molecule has 2 spiro atoms. The molecule has 0 unspecified atom stereocenters. The number of carbonyl (C=O) groups is 2. The van der Waals surface area contributed by atoms with Crippen LogP contribution in [0.5, 0.6) is 0 Å². The fraction of sp³-hybridized carbons (Fsp3) is 0.312. The molecule has 2 fully saturated rings. The van der Waals surface area contributed by atoms with Crippen LogP contribution in [0.3, 0.4) is 0 Å². The summed E-state index contributed by atoms with van der Waals surface area (Å²) in [6, 6.07) is 24.8. The Bertz CT molecular complexity index is 1390. The predicted molar refractivity (Wildman–Crippen MR) is 144 cm³/mol. The van der Waals surface area contributed by atoms with E-state index in [0.717, 1.165) is 40.8 Å². The zero-order chi connectivity index (χ0) is 25.1. The van der Waals surface area contributed by atoms with Gasteiger partial charge >= 0.3 is 0 Å². The summed E-state index contributed by atoms with van der Waals surface area (Å²) < 4.78 is 0. The number of para-hydroxylation sites is 1. The molecule has 36 heavy (non-hydrogen) atoms. The van der Waals surface area contributed by atoms with Crippen molar-refractivity contribution in [2.24, 2.45) is 5.41 Å². The van der Waals surface area contributed by atoms with Crippen molar-refractivity contribution in [2.75, 3.05) is 18.9 Å². The molecule has 1 saturated carbocycles. The van der Waals surface area contributed by atoms with E-state index in [0.29, 0.717) is 13.0 Å². The molecule has 0 aromatic heterocycles. The molecular formula is C32H32N2O2. The normalized spacial score (nSPS) is 28.8. The molecule has 2 aliphatic heterocycles. The summed E-state index contributed by atoms with van der Waals surface area (Å²) >= 11 is 0. The molecule has 1 saturated heterocycles. The van der Waals surface area contributed by atoms with E-state index in [9.17, 15) is 9.59 Å². The number of nitrogens with one attached hydrogen (secondary N) is 1. The predicted octanol–water partition coefficient (Wildman–Crippen LogP) is 6.00. The highest BCUT2D eigenvalue weighted by molar-refractivity contribution is 6.15. The van der Waals surface area contributed by atoms with E-state index in [-0.39, 0.29) is 17.6 Å². The van der Waals surface area contributed by atoms with Crippen molar-refractivity contribution in [1.82, 2.24) is 4.90 Å². The van der Waals surface area contributed by atoms with Crippen LogP contribution in [0.25, 0.3) is 6.08 Å². The van der Waals surface area contributed by atoms with Gasteiger partial charge in [-0.25, -0.2) is 0 Å². The lowest BCUT2D eigenvalue weighted by Crippen LogP contribution is -2.60. The number of Topliss-reactive ketones (excluding diaryl/α,β-unsaturated/α-hetero) is 1. The van der Waals surface area contributed by atoms with E-state index < -0.39 is 11.0 Å². The second kappa shape index (κ2) is 8.28. The molecule has 3 aliphatic rings. The van der Waals surface area contributed by atoms with Crippen molar-refractivity contribution in [1.29, 1.82) is 0 Å². The van der Waals surface area contributed by atoms with Gasteiger partial charge in [-0.1, -0.05) is 77.9 Å². The van der Waals surface area contributed by atoms with Crippen LogP contribution in [0.4, 0.5) is 5.69 Å². The van der Waals surface area contributed by atoms with Crippen molar-refractivity contribution < 1.29 is 9.59 Å². The number of hydrogen-bond donors (Lipinski definition) is 1. The van der Waals surface area contributed by atoms with Gasteiger partial charge < -0.3 is 5.32 Å². The molecule has 1 N–H and O–H groups in total. The van der Waals surface area contributed by atoms with Crippen LogP contribution in [-0.4, -0.2) is 30.2 Å². The number of nitrogens with zero attached hydrogens (tertiary/aromatic N) is 1. The summed E-state index contributed by atoms with van der Waals surface area (Å²) in [6.45, 7) is 4.79. The first kappa shape index (κ1) is 22.9. The number of carbonyl (C=O) groups excluding carboxylic acids is 2. The van der Waals surface area contributed by atoms with Crippen molar-refractivity contribution in [3.8, 4) is 0 Å². The van der Waals surface area contributed by atoms with E-state index >= 15 is 0 Å². The largest absolute Gasteiger partial charge is 0.324 e. The first-order chi connectivity index (χ1) is 17.4. The Balaban J connectivity index is 1.59. The molecule has 6 rings (SSSR count). The SMILES string of the molecule is Cc1ccc(/C=C2\CCC[C@]3(C2=O)[C@H](c2ccc(C)cc2)CN(C)[C@]32C(=O)Nc3ccccc32)cc1. The molecule has 3 atom stereocenters. The highest BCUT2D eigenvalue weighted by atomic mass is 16.2. The Labute approximate surface area is 213 Å². The maximum absolute atomic E-state index is 14.9. The molecule has 2 heterocycles. The maximum atomic E-state index is 14.9. The number of anilines is 1. The van der Waals surface area contributed by atoms with Gasteiger partial charge in [0.25, 0.3) is 5.91 Å². The average Bonchev–Trinajstić information content (AvgIpc) is 3.32. The number of benzene rings is 3. The average molecular weight is 477 g/mol. The molecular weight excluding hydrogens is 444 g/mol. The minimum absolute atomic E-state index is 0.0780. The molecule has 1 amide bonds. The van der Waals surface area contributed by atoms with Gasteiger partial charge in [0.2, 0.25) is 0 Å². The molecule has 182 valence electrons. The topological polar surface area (TPSA) is 49.4 Å². The lowest BCUT2D eigenvalue weighted by molar-refractivity contribution is -0.144. The van der Waals surface area contributed by atoms with Crippen molar-refractivity contribution in [3.05, 3.63) is 106 Å². The van der Waals surface area contributed by atoms with Crippen LogP contribution >= 0.6 is 0 Å². The van der Waals surface area contributed by atoms with Crippen molar-refractivity contribution in [2.45, 2.75) is 44.6 Å². The van der Waals surface area contributed by atoms with Crippen LogP contribution in [0.1, 0.15) is 53.0 Å². The number of rotatable bonds is 2. The smallest absolute Gasteiger partial charge is 0.250 e. The minimum atomic E-state index is -1.04. The Morgan fingerprint density at radius 1 is 0.917 bits per heavy atom. The molecule has 3 aromatic carbocycles. The number of fused-ring (bicyclic) bond motifs is 3. The van der Waals surface area contributed by atoms with Gasteiger partial charge in [0.15, 0.2) is 5.78 Å². The third-order valence-corrected chi connectivity index (χ3v) is 8.78. The maximum Gasteiger partial charge on any atom is 0.250 e. The van der Waals surface area contributed by atoms with Gasteiger partial charge in [-0.2, -0.15) is 0 Å². The summed E-state index contributed by atoms with van der Waals surface area (Å²) in [4.78, 5) is 31.1. The Morgan fingerprint density at radius 3 is 2.31 bits per heavy atom. The Kier molecular flexibility index (Phi) is 5.27. The Morgan fingerprint density at radius 2 is 1.58 bits per heavy atom. The molecule has 0 radical (unpaired) electrons. The van der Waals surface area contributed by atoms with E-state index in [1.165, 1.54) is 11.1 Å². The number of allylic oxidation sites excluding steroid dienone is 1. The first-order valence-corrected chi connectivity index (χ1v) is 12.9. The number of aryl methyl sites for hydroxylation is 2. The van der Waals surface area contributed by atoms with Crippen LogP contribution in [0.15, 0.2) is 78.4 Å². The fourth-order valence-electron chi connectivity index (χ4n) is 7.16. The van der Waals surface area contributed by atoms with E-state index in [1.807, 2.05) is 31.3 Å². The number of likely N-dealkylation sites (tertiary alicyclic amines) is 1. The highest BCUT2D eigenvalue weighted by Crippen LogP contribution is 2.66. The zero-order valence-corrected chi connectivity index (χ0v) is 21.2. The van der Waals surface area contributed by atoms with Crippen LogP contribution in [0, 0.1) is 19.3 Å². The molecule has 4 heteroatoms. The van der Waals surface area contributed by atoms with Gasteiger partial charge in [-0.3, -0.25) is 14.5 Å². The van der Waals surface area contributed by atoms with E-state index in [4.69, 9.17) is 0 Å². The van der Waals surface area contributed by atoms with Crippen molar-refractivity contribution in [3.63, 3.8) is 0 Å². The molecule has 1 aliphatic carbocycles. The van der Waals surface area contributed by atoms with Gasteiger partial charge in [0.1, 0.15) is 5.54 Å². The van der Waals surface area contributed by atoms with Crippen LogP contribution in [0.2, 0.25) is 0 Å². The third-order valence-electron chi connectivity index (χ3n) is 8.78. The summed E-state index contributed by atoms with van der Waals surface area (Å²) in [6.07, 6.45) is 4.34. The fourth-order valence-corrected chi connectivity index (χ4v) is 7.16. The number of likely N-dealkylation sites (N-methyl/N-ethyl adjacent to an activating group) is 1. The number of hydrogen-bond acceptors (Lipinski definition) is 3. The monoisotopic (exact) mass is 476 g/mol. The van der Waals surface area contributed by atoms with Crippen molar-refractivity contribution >= 4 is 23.5 Å². The van der Waals surface area contributed by atoms with Gasteiger partial charge in [-0.15, -0.1) is 0 Å². The molecule has 4 nitrogen and oxygen atoms in total.